The molecule has 0 aliphatic heterocycles. The number of hydrogen-bond donors (Lipinski definition) is 0. The molecule has 4 saturated carbocycles. The second kappa shape index (κ2) is 14.9. The molecule has 6 aliphatic carbocycles. The largest absolute Gasteiger partial charge is 0.228 e. The molecule has 0 amide bonds. The van der Waals surface area contributed by atoms with Gasteiger partial charge in [0, 0.05) is 21.9 Å². The topological polar surface area (TPSA) is 25.8 Å². The van der Waals surface area contributed by atoms with Gasteiger partial charge >= 0.3 is 0 Å². The number of hydrogen-bond acceptors (Lipinski definition) is 2. The maximum atomic E-state index is 5.28. The minimum absolute atomic E-state index is 0.0347. The molecule has 2 nitrogen and oxygen atoms in total. The molecule has 0 N–H and O–H groups in total. The number of rotatable bonds is 5. The van der Waals surface area contributed by atoms with Crippen LogP contribution in [0.5, 0.6) is 0 Å². The first kappa shape index (κ1) is 39.3. The molecule has 0 atom stereocenters. The van der Waals surface area contributed by atoms with Crippen LogP contribution in [0.4, 0.5) is 0 Å². The summed E-state index contributed by atoms with van der Waals surface area (Å²) in [5, 5.41) is 1.05. The Bertz CT molecular complexity index is 3600. The first-order valence-electron chi connectivity index (χ1n) is 25.2. The number of fused-ring (bicyclic) bond motifs is 10. The van der Waals surface area contributed by atoms with Gasteiger partial charge in [-0.1, -0.05) is 200 Å². The molecular weight excluding hydrogens is 833 g/mol. The third kappa shape index (κ3) is 5.61. The molecule has 69 heavy (non-hydrogen) atoms. The second-order valence-electron chi connectivity index (χ2n) is 20.8. The lowest BCUT2D eigenvalue weighted by molar-refractivity contribution is -0.0440. The molecule has 1 aromatic heterocycles. The summed E-state index contributed by atoms with van der Waals surface area (Å²) in [4.78, 5) is 10.4. The summed E-state index contributed by atoms with van der Waals surface area (Å²) in [6.45, 7) is 0. The number of para-hydroxylation sites is 1. The van der Waals surface area contributed by atoms with Crippen molar-refractivity contribution in [2.45, 2.75) is 42.9 Å². The van der Waals surface area contributed by atoms with Crippen molar-refractivity contribution in [2.24, 2.45) is 23.7 Å². The van der Waals surface area contributed by atoms with Gasteiger partial charge in [0.1, 0.15) is 0 Å². The number of aromatic nitrogens is 2. The molecule has 10 aromatic rings. The second-order valence-corrected chi connectivity index (χ2v) is 20.8. The van der Waals surface area contributed by atoms with Gasteiger partial charge < -0.3 is 0 Å². The van der Waals surface area contributed by atoms with Crippen molar-refractivity contribution in [3.63, 3.8) is 0 Å². The maximum Gasteiger partial charge on any atom is 0.160 e. The Balaban J connectivity index is 0.837. The van der Waals surface area contributed by atoms with Gasteiger partial charge in [-0.05, 0) is 152 Å². The van der Waals surface area contributed by atoms with E-state index < -0.39 is 5.41 Å². The van der Waals surface area contributed by atoms with Crippen LogP contribution < -0.4 is 0 Å². The highest BCUT2D eigenvalue weighted by molar-refractivity contribution is 5.94. The summed E-state index contributed by atoms with van der Waals surface area (Å²) < 4.78 is 0. The Morgan fingerprint density at radius 3 is 1.48 bits per heavy atom. The van der Waals surface area contributed by atoms with Crippen molar-refractivity contribution < 1.29 is 0 Å². The molecule has 16 rings (SSSR count). The Labute approximate surface area is 404 Å². The van der Waals surface area contributed by atoms with Crippen LogP contribution in [-0.4, -0.2) is 9.97 Å². The van der Waals surface area contributed by atoms with Crippen molar-refractivity contribution in [1.82, 2.24) is 9.97 Å². The highest BCUT2D eigenvalue weighted by Crippen LogP contribution is 2.71. The average Bonchev–Trinajstić information content (AvgIpc) is 3.71. The Morgan fingerprint density at radius 1 is 0.319 bits per heavy atom. The fourth-order valence-corrected chi connectivity index (χ4v) is 15.0. The van der Waals surface area contributed by atoms with Gasteiger partial charge in [0.2, 0.25) is 0 Å². The third-order valence-corrected chi connectivity index (χ3v) is 17.6. The first-order chi connectivity index (χ1) is 34.1. The van der Waals surface area contributed by atoms with E-state index in [0.29, 0.717) is 11.8 Å². The van der Waals surface area contributed by atoms with Gasteiger partial charge in [-0.25, -0.2) is 9.97 Å². The molecule has 2 heteroatoms. The predicted octanol–water partition coefficient (Wildman–Crippen LogP) is 16.4. The van der Waals surface area contributed by atoms with Crippen molar-refractivity contribution >= 4 is 10.9 Å². The number of benzene rings is 9. The van der Waals surface area contributed by atoms with Crippen LogP contribution in [0.25, 0.3) is 78.1 Å². The fourth-order valence-electron chi connectivity index (χ4n) is 15.0. The predicted molar refractivity (Wildman–Crippen MR) is 282 cm³/mol. The standard InChI is InChI=1S/C67H50N2/c1-2-13-44(14-3-1)45-29-31-48(32-30-45)64-56-19-6-11-24-63(56)68-65(69-64)51-16-12-15-49(40-51)46-25-27-47(28-26-46)50-33-34-61-62(41-50)67(57-20-7-4-17-54(57)55-18-5-8-21-58(55)67)60-23-10-9-22-59(60)66(61)52-36-42-35-43(38-52)39-53(66)37-42/h1-34,40-43,52-53H,35-39H2. The van der Waals surface area contributed by atoms with Crippen LogP contribution in [0.1, 0.15) is 65.5 Å². The van der Waals surface area contributed by atoms with E-state index in [2.05, 4.69) is 218 Å². The van der Waals surface area contributed by atoms with Crippen LogP contribution >= 0.6 is 0 Å². The summed E-state index contributed by atoms with van der Waals surface area (Å²) in [5.74, 6) is 3.86. The zero-order valence-electron chi connectivity index (χ0n) is 38.5. The van der Waals surface area contributed by atoms with E-state index in [9.17, 15) is 0 Å². The first-order valence-corrected chi connectivity index (χ1v) is 25.2. The average molecular weight is 883 g/mol. The van der Waals surface area contributed by atoms with Crippen molar-refractivity contribution in [3.05, 3.63) is 252 Å². The zero-order valence-corrected chi connectivity index (χ0v) is 38.5. The molecule has 2 spiro atoms. The van der Waals surface area contributed by atoms with E-state index in [-0.39, 0.29) is 5.41 Å². The summed E-state index contributed by atoms with van der Waals surface area (Å²) in [6, 6.07) is 81.8. The van der Waals surface area contributed by atoms with E-state index in [1.54, 1.807) is 11.1 Å². The van der Waals surface area contributed by atoms with Crippen molar-refractivity contribution in [1.29, 1.82) is 0 Å². The lowest BCUT2D eigenvalue weighted by atomic mass is 9.38. The minimum Gasteiger partial charge on any atom is -0.228 e. The minimum atomic E-state index is -0.397. The van der Waals surface area contributed by atoms with E-state index in [4.69, 9.17) is 9.97 Å². The number of nitrogens with zero attached hydrogens (tertiary/aromatic N) is 2. The smallest absolute Gasteiger partial charge is 0.160 e. The van der Waals surface area contributed by atoms with Gasteiger partial charge in [-0.3, -0.25) is 0 Å². The Hall–Kier alpha value is -7.68. The van der Waals surface area contributed by atoms with Gasteiger partial charge in [0.05, 0.1) is 16.6 Å². The van der Waals surface area contributed by atoms with E-state index in [1.165, 1.54) is 93.3 Å². The van der Waals surface area contributed by atoms with Crippen molar-refractivity contribution in [2.75, 3.05) is 0 Å². The van der Waals surface area contributed by atoms with Gasteiger partial charge in [0.15, 0.2) is 5.82 Å². The van der Waals surface area contributed by atoms with Gasteiger partial charge in [0.25, 0.3) is 0 Å². The monoisotopic (exact) mass is 882 g/mol. The van der Waals surface area contributed by atoms with Crippen LogP contribution in [-0.2, 0) is 10.8 Å². The van der Waals surface area contributed by atoms with Crippen LogP contribution in [0, 0.1) is 23.7 Å². The summed E-state index contributed by atoms with van der Waals surface area (Å²) in [6.07, 6.45) is 6.90. The molecule has 1 heterocycles. The summed E-state index contributed by atoms with van der Waals surface area (Å²) in [7, 11) is 0. The normalized spacial score (nSPS) is 21.8. The molecule has 0 saturated heterocycles. The molecule has 328 valence electrons. The zero-order chi connectivity index (χ0) is 45.3. The lowest BCUT2D eigenvalue weighted by Gasteiger charge is -2.65. The van der Waals surface area contributed by atoms with Gasteiger partial charge in [-0.2, -0.15) is 0 Å². The Morgan fingerprint density at radius 2 is 0.797 bits per heavy atom. The highest BCUT2D eigenvalue weighted by Gasteiger charge is 2.64. The molecule has 9 aromatic carbocycles. The molecule has 0 radical (unpaired) electrons. The van der Waals surface area contributed by atoms with E-state index in [1.807, 2.05) is 0 Å². The van der Waals surface area contributed by atoms with E-state index in [0.717, 1.165) is 50.9 Å². The van der Waals surface area contributed by atoms with E-state index >= 15 is 0 Å². The molecule has 6 aliphatic rings. The van der Waals surface area contributed by atoms with Gasteiger partial charge in [-0.15, -0.1) is 0 Å². The SMILES string of the molecule is c1ccc(-c2ccc(-c3nc(-c4cccc(-c5ccc(-c6ccc7c(c6)C6(c8ccccc8-c8ccccc86)c6ccccc6C76C7CC8CC(C7)CC6C8)cc5)c4)nc4ccccc34)cc2)cc1. The molecule has 4 fully saturated rings. The van der Waals surface area contributed by atoms with Crippen molar-refractivity contribution in [3.8, 4) is 67.2 Å². The van der Waals surface area contributed by atoms with Crippen LogP contribution in [0.15, 0.2) is 218 Å². The summed E-state index contributed by atoms with van der Waals surface area (Å²) in [5.41, 5.74) is 22.6. The van der Waals surface area contributed by atoms with Crippen LogP contribution in [0.3, 0.4) is 0 Å². The Kier molecular flexibility index (Phi) is 8.50. The fraction of sp³-hybridized carbons (Fsp3) is 0.164. The van der Waals surface area contributed by atoms with Crippen LogP contribution in [0.2, 0.25) is 0 Å². The molecular formula is C67H50N2. The third-order valence-electron chi connectivity index (χ3n) is 17.6. The summed E-state index contributed by atoms with van der Waals surface area (Å²) >= 11 is 0. The highest BCUT2D eigenvalue weighted by atomic mass is 14.9. The molecule has 0 unspecified atom stereocenters. The lowest BCUT2D eigenvalue weighted by Crippen LogP contribution is -2.59. The molecule has 4 bridgehead atoms. The maximum absolute atomic E-state index is 5.28. The quantitative estimate of drug-likeness (QED) is 0.172.